The van der Waals surface area contributed by atoms with Crippen molar-refractivity contribution >= 4 is 21.6 Å². The number of H-pyrrole nitrogens is 1. The number of piperidine rings is 1. The first kappa shape index (κ1) is 15.5. The van der Waals surface area contributed by atoms with Crippen LogP contribution in [0.4, 0.5) is 0 Å². The monoisotopic (exact) mass is 339 g/mol. The molecule has 1 N–H and O–H groups in total. The summed E-state index contributed by atoms with van der Waals surface area (Å²) < 4.78 is 27.2. The van der Waals surface area contributed by atoms with Crippen molar-refractivity contribution in [2.24, 2.45) is 0 Å². The van der Waals surface area contributed by atoms with Gasteiger partial charge in [-0.1, -0.05) is 23.7 Å². The van der Waals surface area contributed by atoms with E-state index < -0.39 is 10.0 Å². The molecule has 0 aliphatic carbocycles. The molecule has 0 spiro atoms. The molecular weight excluding hydrogens is 322 g/mol. The topological polar surface area (TPSA) is 66.1 Å². The highest BCUT2D eigenvalue weighted by molar-refractivity contribution is 7.89. The van der Waals surface area contributed by atoms with Gasteiger partial charge in [0.05, 0.1) is 11.2 Å². The lowest BCUT2D eigenvalue weighted by molar-refractivity contribution is 0.312. The highest BCUT2D eigenvalue weighted by atomic mass is 35.5. The summed E-state index contributed by atoms with van der Waals surface area (Å²) >= 11 is 6.07. The molecule has 0 radical (unpaired) electrons. The molecule has 1 atom stereocenters. The standard InChI is InChI=1S/C15H18ClN3O2S/c1-11-9-17-18-15(11)12-5-4-8-19(10-12)22(20,21)14-7-3-2-6-13(14)16/h2-3,6-7,9,12H,4-5,8,10H2,1H3,(H,17,18). The number of rotatable bonds is 3. The van der Waals surface area contributed by atoms with E-state index in [9.17, 15) is 8.42 Å². The van der Waals surface area contributed by atoms with Crippen molar-refractivity contribution in [2.45, 2.75) is 30.6 Å². The highest BCUT2D eigenvalue weighted by Gasteiger charge is 2.32. The molecule has 5 nitrogen and oxygen atoms in total. The molecule has 1 saturated heterocycles. The van der Waals surface area contributed by atoms with E-state index in [-0.39, 0.29) is 15.8 Å². The zero-order valence-electron chi connectivity index (χ0n) is 12.3. The summed E-state index contributed by atoms with van der Waals surface area (Å²) in [6.07, 6.45) is 3.56. The SMILES string of the molecule is Cc1cn[nH]c1C1CCCN(S(=O)(=O)c2ccccc2Cl)C1. The molecule has 22 heavy (non-hydrogen) atoms. The second-order valence-corrected chi connectivity index (χ2v) is 7.91. The predicted octanol–water partition coefficient (Wildman–Crippen LogP) is 2.94. The average Bonchev–Trinajstić information content (AvgIpc) is 2.94. The van der Waals surface area contributed by atoms with Crippen LogP contribution in [-0.2, 0) is 10.0 Å². The number of sulfonamides is 1. The maximum absolute atomic E-state index is 12.8. The second-order valence-electron chi connectivity index (χ2n) is 5.60. The van der Waals surface area contributed by atoms with Crippen LogP contribution in [0.5, 0.6) is 0 Å². The Morgan fingerprint density at radius 3 is 2.82 bits per heavy atom. The fourth-order valence-corrected chi connectivity index (χ4v) is 4.98. The largest absolute Gasteiger partial charge is 0.282 e. The summed E-state index contributed by atoms with van der Waals surface area (Å²) in [5, 5.41) is 7.31. The molecule has 1 unspecified atom stereocenters. The summed E-state index contributed by atoms with van der Waals surface area (Å²) in [5.74, 6) is 0.147. The number of nitrogens with zero attached hydrogens (tertiary/aromatic N) is 2. The third kappa shape index (κ3) is 2.78. The molecule has 1 aliphatic rings. The van der Waals surface area contributed by atoms with Gasteiger partial charge < -0.3 is 0 Å². The van der Waals surface area contributed by atoms with Gasteiger partial charge in [-0.2, -0.15) is 9.40 Å². The van der Waals surface area contributed by atoms with Crippen LogP contribution in [0.3, 0.4) is 0 Å². The Balaban J connectivity index is 1.89. The van der Waals surface area contributed by atoms with Gasteiger partial charge in [0.15, 0.2) is 0 Å². The maximum Gasteiger partial charge on any atom is 0.244 e. The van der Waals surface area contributed by atoms with Crippen LogP contribution in [0.15, 0.2) is 35.4 Å². The summed E-state index contributed by atoms with van der Waals surface area (Å²) in [5.41, 5.74) is 2.10. The first-order chi connectivity index (χ1) is 10.5. The fraction of sp³-hybridized carbons (Fsp3) is 0.400. The van der Waals surface area contributed by atoms with Gasteiger partial charge in [-0.15, -0.1) is 0 Å². The highest BCUT2D eigenvalue weighted by Crippen LogP contribution is 2.32. The normalized spacial score (nSPS) is 20.2. The van der Waals surface area contributed by atoms with Crippen molar-refractivity contribution in [1.82, 2.24) is 14.5 Å². The Hall–Kier alpha value is -1.37. The number of aromatic nitrogens is 2. The Labute approximate surface area is 135 Å². The number of hydrogen-bond acceptors (Lipinski definition) is 3. The third-order valence-corrected chi connectivity index (χ3v) is 6.48. The van der Waals surface area contributed by atoms with Gasteiger partial charge in [0.25, 0.3) is 0 Å². The van der Waals surface area contributed by atoms with Crippen LogP contribution in [-0.4, -0.2) is 36.0 Å². The van der Waals surface area contributed by atoms with E-state index in [1.165, 1.54) is 4.31 Å². The molecule has 1 fully saturated rings. The van der Waals surface area contributed by atoms with Crippen LogP contribution in [0, 0.1) is 6.92 Å². The van der Waals surface area contributed by atoms with Gasteiger partial charge in [0, 0.05) is 24.7 Å². The number of aromatic amines is 1. The predicted molar refractivity (Wildman–Crippen MR) is 85.5 cm³/mol. The Morgan fingerprint density at radius 1 is 1.36 bits per heavy atom. The van der Waals surface area contributed by atoms with E-state index in [4.69, 9.17) is 11.6 Å². The van der Waals surface area contributed by atoms with Crippen LogP contribution < -0.4 is 0 Å². The van der Waals surface area contributed by atoms with Gasteiger partial charge in [0.1, 0.15) is 4.90 Å². The molecule has 1 aliphatic heterocycles. The number of nitrogens with one attached hydrogen (secondary N) is 1. The van der Waals surface area contributed by atoms with E-state index >= 15 is 0 Å². The van der Waals surface area contributed by atoms with E-state index in [1.807, 2.05) is 6.92 Å². The number of benzene rings is 1. The lowest BCUT2D eigenvalue weighted by Gasteiger charge is -2.32. The summed E-state index contributed by atoms with van der Waals surface area (Å²) in [4.78, 5) is 0.179. The quantitative estimate of drug-likeness (QED) is 0.935. The van der Waals surface area contributed by atoms with Crippen molar-refractivity contribution in [3.63, 3.8) is 0 Å². The minimum Gasteiger partial charge on any atom is -0.282 e. The zero-order chi connectivity index (χ0) is 15.7. The van der Waals surface area contributed by atoms with Crippen molar-refractivity contribution in [3.05, 3.63) is 46.7 Å². The van der Waals surface area contributed by atoms with Crippen molar-refractivity contribution in [2.75, 3.05) is 13.1 Å². The van der Waals surface area contributed by atoms with Crippen molar-refractivity contribution < 1.29 is 8.42 Å². The minimum atomic E-state index is -3.56. The molecule has 0 saturated carbocycles. The molecule has 1 aromatic heterocycles. The first-order valence-corrected chi connectivity index (χ1v) is 9.06. The Morgan fingerprint density at radius 2 is 2.14 bits per heavy atom. The number of aryl methyl sites for hydroxylation is 1. The van der Waals surface area contributed by atoms with Gasteiger partial charge in [0.2, 0.25) is 10.0 Å². The Kier molecular flexibility index (Phi) is 4.25. The van der Waals surface area contributed by atoms with Gasteiger partial charge in [-0.05, 0) is 37.5 Å². The van der Waals surface area contributed by atoms with Crippen LogP contribution >= 0.6 is 11.6 Å². The van der Waals surface area contributed by atoms with Crippen molar-refractivity contribution in [1.29, 1.82) is 0 Å². The van der Waals surface area contributed by atoms with E-state index in [0.29, 0.717) is 13.1 Å². The van der Waals surface area contributed by atoms with Gasteiger partial charge >= 0.3 is 0 Å². The lowest BCUT2D eigenvalue weighted by Crippen LogP contribution is -2.39. The molecule has 7 heteroatoms. The molecule has 0 amide bonds. The number of halogens is 1. The van der Waals surface area contributed by atoms with E-state index in [0.717, 1.165) is 24.1 Å². The lowest BCUT2D eigenvalue weighted by atomic mass is 9.94. The summed E-state index contributed by atoms with van der Waals surface area (Å²) in [7, 11) is -3.56. The Bertz CT molecular complexity index is 773. The smallest absolute Gasteiger partial charge is 0.244 e. The molecule has 1 aromatic carbocycles. The fourth-order valence-electron chi connectivity index (χ4n) is 2.96. The molecule has 2 heterocycles. The molecular formula is C15H18ClN3O2S. The van der Waals surface area contributed by atoms with Crippen LogP contribution in [0.2, 0.25) is 5.02 Å². The third-order valence-electron chi connectivity index (χ3n) is 4.11. The van der Waals surface area contributed by atoms with Crippen LogP contribution in [0.25, 0.3) is 0 Å². The maximum atomic E-state index is 12.8. The minimum absolute atomic E-state index is 0.147. The molecule has 2 aromatic rings. The van der Waals surface area contributed by atoms with Gasteiger partial charge in [-0.3, -0.25) is 5.10 Å². The van der Waals surface area contributed by atoms with E-state index in [2.05, 4.69) is 10.2 Å². The van der Waals surface area contributed by atoms with E-state index in [1.54, 1.807) is 30.5 Å². The van der Waals surface area contributed by atoms with Crippen molar-refractivity contribution in [3.8, 4) is 0 Å². The zero-order valence-corrected chi connectivity index (χ0v) is 13.9. The molecule has 0 bridgehead atoms. The average molecular weight is 340 g/mol. The summed E-state index contributed by atoms with van der Waals surface area (Å²) in [6, 6.07) is 6.59. The second kappa shape index (κ2) is 6.02. The molecule has 3 rings (SSSR count). The molecule has 118 valence electrons. The number of hydrogen-bond donors (Lipinski definition) is 1. The van der Waals surface area contributed by atoms with Gasteiger partial charge in [-0.25, -0.2) is 8.42 Å². The first-order valence-electron chi connectivity index (χ1n) is 7.24. The van der Waals surface area contributed by atoms with Crippen LogP contribution in [0.1, 0.15) is 30.0 Å². The summed E-state index contributed by atoms with van der Waals surface area (Å²) in [6.45, 7) is 2.97.